The monoisotopic (exact) mass is 356 g/mol. The number of hydrogen-bond donors (Lipinski definition) is 2. The highest BCUT2D eigenvalue weighted by Gasteiger charge is 2.23. The number of nitrogens with zero attached hydrogens (tertiary/aromatic N) is 3. The van der Waals surface area contributed by atoms with E-state index in [0.717, 1.165) is 66.8 Å². The predicted octanol–water partition coefficient (Wildman–Crippen LogP) is 2.61. The van der Waals surface area contributed by atoms with Crippen molar-refractivity contribution in [3.05, 3.63) is 33.4 Å². The van der Waals surface area contributed by atoms with Gasteiger partial charge in [0.05, 0.1) is 27.9 Å². The van der Waals surface area contributed by atoms with Gasteiger partial charge < -0.3 is 5.11 Å². The molecule has 1 amide bonds. The minimum Gasteiger partial charge on any atom is -0.387 e. The number of allylic oxidation sites excluding steroid dienone is 2. The van der Waals surface area contributed by atoms with E-state index in [4.69, 9.17) is 0 Å². The van der Waals surface area contributed by atoms with Crippen LogP contribution < -0.4 is 5.32 Å². The van der Waals surface area contributed by atoms with Crippen molar-refractivity contribution in [1.29, 1.82) is 0 Å². The second kappa shape index (κ2) is 7.01. The molecule has 0 spiro atoms. The molecular formula is C18H20N4O2S. The Hall–Kier alpha value is -2.12. The van der Waals surface area contributed by atoms with Gasteiger partial charge in [-0.15, -0.1) is 11.3 Å². The molecule has 130 valence electrons. The molecule has 1 saturated carbocycles. The Balaban J connectivity index is 1.56. The molecule has 2 N–H and O–H groups in total. The second-order valence-corrected chi connectivity index (χ2v) is 7.41. The fourth-order valence-corrected chi connectivity index (χ4v) is 4.11. The zero-order valence-electron chi connectivity index (χ0n) is 13.9. The van der Waals surface area contributed by atoms with Crippen molar-refractivity contribution in [3.8, 4) is 0 Å². The quantitative estimate of drug-likeness (QED) is 0.599. The lowest BCUT2D eigenvalue weighted by molar-refractivity contribution is -0.115. The van der Waals surface area contributed by atoms with Crippen molar-refractivity contribution in [2.75, 3.05) is 0 Å². The van der Waals surface area contributed by atoms with Crippen molar-refractivity contribution in [1.82, 2.24) is 10.3 Å². The molecule has 3 aliphatic rings. The third-order valence-corrected chi connectivity index (χ3v) is 5.51. The topological polar surface area (TPSA) is 86.9 Å². The maximum absolute atomic E-state index is 12.2. The number of carbonyl (C=O) groups excluding carboxylic acids is 1. The van der Waals surface area contributed by atoms with Crippen LogP contribution in [0.2, 0.25) is 0 Å². The van der Waals surface area contributed by atoms with E-state index in [0.29, 0.717) is 11.7 Å². The standard InChI is InChI=1S/C18H20N4O2S/c23-15-5-3-1-2-4-12(15)20-18-21-14(17(24)22-18)8-11-6-7-13-16(9-11)25-10-19-13/h8-10,15,23H,1-7H2,(H,21,22,24)/b14-8-,20-12+/t15-/m0/s1. The lowest BCUT2D eigenvalue weighted by Crippen LogP contribution is -2.26. The summed E-state index contributed by atoms with van der Waals surface area (Å²) in [6, 6.07) is 0. The summed E-state index contributed by atoms with van der Waals surface area (Å²) in [4.78, 5) is 26.4. The Bertz CT molecular complexity index is 819. The van der Waals surface area contributed by atoms with Gasteiger partial charge in [-0.25, -0.2) is 15.0 Å². The summed E-state index contributed by atoms with van der Waals surface area (Å²) in [5.74, 6) is 0.0561. The van der Waals surface area contributed by atoms with Crippen LogP contribution in [0.4, 0.5) is 0 Å². The van der Waals surface area contributed by atoms with Crippen LogP contribution >= 0.6 is 11.3 Å². The van der Waals surface area contributed by atoms with Crippen molar-refractivity contribution >= 4 is 35.0 Å². The van der Waals surface area contributed by atoms with Crippen LogP contribution in [0.3, 0.4) is 0 Å². The highest BCUT2D eigenvalue weighted by atomic mass is 32.1. The van der Waals surface area contributed by atoms with E-state index in [1.807, 2.05) is 11.6 Å². The Morgan fingerprint density at radius 1 is 1.28 bits per heavy atom. The molecule has 1 aromatic rings. The molecule has 1 aromatic heterocycles. The Morgan fingerprint density at radius 3 is 3.12 bits per heavy atom. The number of aliphatic imine (C=N–C) groups is 2. The first-order chi connectivity index (χ1) is 12.2. The SMILES string of the molecule is O=C1NC(/N=C2\CCCCC[C@@H]2O)=NC/1=C\C1=Cc2scnc2CC1. The highest BCUT2D eigenvalue weighted by Crippen LogP contribution is 2.28. The van der Waals surface area contributed by atoms with E-state index in [1.165, 1.54) is 0 Å². The summed E-state index contributed by atoms with van der Waals surface area (Å²) < 4.78 is 0. The molecule has 0 unspecified atom stereocenters. The minimum absolute atomic E-state index is 0.238. The first kappa shape index (κ1) is 16.4. The van der Waals surface area contributed by atoms with Crippen molar-refractivity contribution in [3.63, 3.8) is 0 Å². The smallest absolute Gasteiger partial charge is 0.276 e. The summed E-state index contributed by atoms with van der Waals surface area (Å²) in [5.41, 5.74) is 5.16. The lowest BCUT2D eigenvalue weighted by Gasteiger charge is -2.09. The minimum atomic E-state index is -0.527. The third kappa shape index (κ3) is 3.62. The van der Waals surface area contributed by atoms with Gasteiger partial charge in [-0.1, -0.05) is 12.8 Å². The molecule has 2 heterocycles. The first-order valence-electron chi connectivity index (χ1n) is 8.69. The fraction of sp³-hybridized carbons (Fsp3) is 0.444. The van der Waals surface area contributed by atoms with E-state index in [-0.39, 0.29) is 5.91 Å². The largest absolute Gasteiger partial charge is 0.387 e. The first-order valence-corrected chi connectivity index (χ1v) is 9.57. The molecule has 1 atom stereocenters. The molecule has 7 heteroatoms. The van der Waals surface area contributed by atoms with Gasteiger partial charge in [-0.05, 0) is 49.8 Å². The number of aliphatic hydroxyl groups is 1. The highest BCUT2D eigenvalue weighted by molar-refractivity contribution is 7.10. The molecular weight excluding hydrogens is 336 g/mol. The average Bonchev–Trinajstić information content (AvgIpc) is 3.13. The number of amides is 1. The van der Waals surface area contributed by atoms with Crippen LogP contribution in [-0.4, -0.2) is 33.8 Å². The molecule has 1 fully saturated rings. The van der Waals surface area contributed by atoms with Crippen LogP contribution in [0.15, 0.2) is 32.8 Å². The molecule has 6 nitrogen and oxygen atoms in total. The van der Waals surface area contributed by atoms with Crippen molar-refractivity contribution in [2.24, 2.45) is 9.98 Å². The lowest BCUT2D eigenvalue weighted by atomic mass is 10.0. The summed E-state index contributed by atoms with van der Waals surface area (Å²) in [7, 11) is 0. The van der Waals surface area contributed by atoms with Crippen molar-refractivity contribution in [2.45, 2.75) is 51.0 Å². The molecule has 25 heavy (non-hydrogen) atoms. The number of carbonyl (C=O) groups is 1. The van der Waals surface area contributed by atoms with Gasteiger partial charge in [0.25, 0.3) is 5.91 Å². The summed E-state index contributed by atoms with van der Waals surface area (Å²) >= 11 is 1.61. The van der Waals surface area contributed by atoms with Crippen LogP contribution in [0.5, 0.6) is 0 Å². The molecule has 1 aliphatic heterocycles. The number of rotatable bonds is 1. The van der Waals surface area contributed by atoms with Gasteiger partial charge in [-0.2, -0.15) is 0 Å². The van der Waals surface area contributed by atoms with E-state index in [1.54, 1.807) is 11.3 Å². The Kier molecular flexibility index (Phi) is 4.59. The third-order valence-electron chi connectivity index (χ3n) is 4.69. The van der Waals surface area contributed by atoms with E-state index >= 15 is 0 Å². The second-order valence-electron chi connectivity index (χ2n) is 6.52. The van der Waals surface area contributed by atoms with E-state index < -0.39 is 6.10 Å². The van der Waals surface area contributed by atoms with E-state index in [9.17, 15) is 9.90 Å². The maximum Gasteiger partial charge on any atom is 0.276 e. The molecule has 0 radical (unpaired) electrons. The van der Waals surface area contributed by atoms with Crippen LogP contribution in [0.1, 0.15) is 49.1 Å². The Labute approximate surface area is 150 Å². The predicted molar refractivity (Wildman–Crippen MR) is 98.6 cm³/mol. The maximum atomic E-state index is 12.2. The van der Waals surface area contributed by atoms with Gasteiger partial charge in [0.1, 0.15) is 5.70 Å². The molecule has 4 rings (SSSR count). The summed E-state index contributed by atoms with van der Waals surface area (Å²) in [6.45, 7) is 0. The van der Waals surface area contributed by atoms with Gasteiger partial charge in [0, 0.05) is 0 Å². The molecule has 0 aromatic carbocycles. The van der Waals surface area contributed by atoms with Crippen molar-refractivity contribution < 1.29 is 9.90 Å². The fourth-order valence-electron chi connectivity index (χ4n) is 3.31. The van der Waals surface area contributed by atoms with Crippen LogP contribution in [0.25, 0.3) is 6.08 Å². The molecule has 0 saturated heterocycles. The number of aliphatic hydroxyl groups excluding tert-OH is 1. The molecule has 0 bridgehead atoms. The number of thiazole rings is 1. The number of guanidine groups is 1. The van der Waals surface area contributed by atoms with E-state index in [2.05, 4.69) is 26.4 Å². The zero-order chi connectivity index (χ0) is 17.2. The number of fused-ring (bicyclic) bond motifs is 1. The average molecular weight is 356 g/mol. The van der Waals surface area contributed by atoms with Gasteiger partial charge in [0.15, 0.2) is 0 Å². The van der Waals surface area contributed by atoms with Crippen LogP contribution in [0, 0.1) is 0 Å². The summed E-state index contributed by atoms with van der Waals surface area (Å²) in [6.07, 6.45) is 9.74. The molecule has 2 aliphatic carbocycles. The van der Waals surface area contributed by atoms with Gasteiger partial charge in [-0.3, -0.25) is 10.1 Å². The van der Waals surface area contributed by atoms with Gasteiger partial charge >= 0.3 is 0 Å². The number of hydrogen-bond acceptors (Lipinski definition) is 6. The Morgan fingerprint density at radius 2 is 2.20 bits per heavy atom. The zero-order valence-corrected chi connectivity index (χ0v) is 14.7. The van der Waals surface area contributed by atoms with Gasteiger partial charge in [0.2, 0.25) is 5.96 Å². The number of nitrogens with one attached hydrogen (secondary N) is 1. The van der Waals surface area contributed by atoms with Crippen LogP contribution in [-0.2, 0) is 11.2 Å². The number of aromatic nitrogens is 1. The number of aryl methyl sites for hydroxylation is 1. The normalized spacial score (nSPS) is 26.9. The summed E-state index contributed by atoms with van der Waals surface area (Å²) in [5, 5.41) is 12.9.